The van der Waals surface area contributed by atoms with Crippen molar-refractivity contribution < 1.29 is 23.4 Å². The van der Waals surface area contributed by atoms with Crippen LogP contribution in [0.5, 0.6) is 5.88 Å². The van der Waals surface area contributed by atoms with Crippen molar-refractivity contribution >= 4 is 5.91 Å². The number of alkyl halides is 2. The summed E-state index contributed by atoms with van der Waals surface area (Å²) in [5, 5.41) is 12.5. The third-order valence-corrected chi connectivity index (χ3v) is 3.89. The SMILES string of the molecule is C[C@@](CO)(CNC(=O)c1ccc(OCC(F)F)nc1)Cc1ccccc1. The molecule has 0 bridgehead atoms. The quantitative estimate of drug-likeness (QED) is 0.718. The van der Waals surface area contributed by atoms with E-state index in [0.29, 0.717) is 6.42 Å². The second-order valence-corrected chi connectivity index (χ2v) is 6.40. The fourth-order valence-electron chi connectivity index (χ4n) is 2.41. The number of aliphatic hydroxyl groups excluding tert-OH is 1. The Balaban J connectivity index is 1.91. The molecule has 26 heavy (non-hydrogen) atoms. The highest BCUT2D eigenvalue weighted by molar-refractivity contribution is 5.93. The minimum atomic E-state index is -2.58. The summed E-state index contributed by atoms with van der Waals surface area (Å²) in [4.78, 5) is 16.1. The topological polar surface area (TPSA) is 71.5 Å². The third kappa shape index (κ3) is 6.07. The average Bonchev–Trinajstić information content (AvgIpc) is 2.65. The summed E-state index contributed by atoms with van der Waals surface area (Å²) >= 11 is 0. The summed E-state index contributed by atoms with van der Waals surface area (Å²) in [5.74, 6) is -0.322. The molecule has 1 amide bonds. The molecule has 0 saturated carbocycles. The second-order valence-electron chi connectivity index (χ2n) is 6.40. The number of rotatable bonds is 9. The van der Waals surface area contributed by atoms with E-state index in [0.717, 1.165) is 5.56 Å². The number of nitrogens with zero attached hydrogens (tertiary/aromatic N) is 1. The van der Waals surface area contributed by atoms with E-state index < -0.39 is 18.4 Å². The zero-order chi connectivity index (χ0) is 19.0. The van der Waals surface area contributed by atoms with E-state index in [2.05, 4.69) is 10.3 Å². The van der Waals surface area contributed by atoms with Crippen LogP contribution in [0.4, 0.5) is 8.78 Å². The highest BCUT2D eigenvalue weighted by atomic mass is 19.3. The Kier molecular flexibility index (Phi) is 7.03. The molecule has 2 N–H and O–H groups in total. The van der Waals surface area contributed by atoms with Gasteiger partial charge in [0.25, 0.3) is 12.3 Å². The minimum Gasteiger partial charge on any atom is -0.472 e. The summed E-state index contributed by atoms with van der Waals surface area (Å²) in [6.45, 7) is 1.34. The molecule has 0 saturated heterocycles. The Morgan fingerprint density at radius 1 is 1.27 bits per heavy atom. The Morgan fingerprint density at radius 3 is 2.58 bits per heavy atom. The molecule has 2 aromatic rings. The first-order valence-corrected chi connectivity index (χ1v) is 8.22. The number of pyridine rings is 1. The van der Waals surface area contributed by atoms with E-state index in [4.69, 9.17) is 4.74 Å². The van der Waals surface area contributed by atoms with E-state index in [9.17, 15) is 18.7 Å². The standard InChI is InChI=1S/C19H22F2N2O3/c1-19(13-24,9-14-5-3-2-4-6-14)12-23-18(25)15-7-8-17(22-10-15)26-11-16(20)21/h2-8,10,16,24H,9,11-13H2,1H3,(H,23,25)/t19-/m0/s1. The number of hydrogen-bond donors (Lipinski definition) is 2. The Labute approximate surface area is 151 Å². The molecule has 0 radical (unpaired) electrons. The number of nitrogens with one attached hydrogen (secondary N) is 1. The maximum absolute atomic E-state index is 12.2. The fraction of sp³-hybridized carbons (Fsp3) is 0.368. The van der Waals surface area contributed by atoms with Crippen molar-refractivity contribution in [1.82, 2.24) is 10.3 Å². The van der Waals surface area contributed by atoms with Crippen molar-refractivity contribution in [3.05, 3.63) is 59.8 Å². The molecule has 2 rings (SSSR count). The van der Waals surface area contributed by atoms with E-state index in [1.807, 2.05) is 37.3 Å². The van der Waals surface area contributed by atoms with Gasteiger partial charge in [0.1, 0.15) is 0 Å². The number of amides is 1. The second kappa shape index (κ2) is 9.24. The van der Waals surface area contributed by atoms with Crippen molar-refractivity contribution in [3.8, 4) is 5.88 Å². The van der Waals surface area contributed by atoms with Crippen molar-refractivity contribution in [2.45, 2.75) is 19.8 Å². The lowest BCUT2D eigenvalue weighted by Gasteiger charge is -2.27. The number of carbonyl (C=O) groups is 1. The number of aliphatic hydroxyl groups is 1. The molecule has 1 aromatic heterocycles. The average molecular weight is 364 g/mol. The van der Waals surface area contributed by atoms with Crippen LogP contribution < -0.4 is 10.1 Å². The minimum absolute atomic E-state index is 0.0334. The summed E-state index contributed by atoms with van der Waals surface area (Å²) < 4.78 is 29.0. The number of ether oxygens (including phenoxy) is 1. The molecule has 0 spiro atoms. The lowest BCUT2D eigenvalue weighted by Crippen LogP contribution is -2.39. The van der Waals surface area contributed by atoms with Gasteiger partial charge in [-0.25, -0.2) is 13.8 Å². The van der Waals surface area contributed by atoms with E-state index in [1.165, 1.54) is 18.3 Å². The monoisotopic (exact) mass is 364 g/mol. The van der Waals surface area contributed by atoms with Gasteiger partial charge >= 0.3 is 0 Å². The Hall–Kier alpha value is -2.54. The van der Waals surface area contributed by atoms with Crippen LogP contribution in [0, 0.1) is 5.41 Å². The first-order valence-electron chi connectivity index (χ1n) is 8.22. The predicted octanol–water partition coefficient (Wildman–Crippen LogP) is 2.70. The van der Waals surface area contributed by atoms with Gasteiger partial charge in [0.2, 0.25) is 5.88 Å². The van der Waals surface area contributed by atoms with Crippen molar-refractivity contribution in [1.29, 1.82) is 0 Å². The van der Waals surface area contributed by atoms with Gasteiger partial charge in [0.15, 0.2) is 6.61 Å². The molecule has 1 heterocycles. The number of benzene rings is 1. The third-order valence-electron chi connectivity index (χ3n) is 3.89. The van der Waals surface area contributed by atoms with Crippen molar-refractivity contribution in [2.75, 3.05) is 19.8 Å². The maximum Gasteiger partial charge on any atom is 0.272 e. The van der Waals surface area contributed by atoms with Crippen molar-refractivity contribution in [2.24, 2.45) is 5.41 Å². The number of halogens is 2. The molecule has 0 unspecified atom stereocenters. The summed E-state index contributed by atoms with van der Waals surface area (Å²) in [7, 11) is 0. The van der Waals surface area contributed by atoms with Crippen LogP contribution in [0.2, 0.25) is 0 Å². The molecular formula is C19H22F2N2O3. The summed E-state index contributed by atoms with van der Waals surface area (Å²) in [5.41, 5.74) is 0.847. The van der Waals surface area contributed by atoms with Gasteiger partial charge in [-0.1, -0.05) is 37.3 Å². The lowest BCUT2D eigenvalue weighted by molar-refractivity contribution is 0.0794. The van der Waals surface area contributed by atoms with E-state index >= 15 is 0 Å². The van der Waals surface area contributed by atoms with Gasteiger partial charge in [-0.05, 0) is 18.1 Å². The van der Waals surface area contributed by atoms with Gasteiger partial charge < -0.3 is 15.2 Å². The van der Waals surface area contributed by atoms with Crippen LogP contribution >= 0.6 is 0 Å². The summed E-state index contributed by atoms with van der Waals surface area (Å²) in [6.07, 6.45) is -0.701. The number of aromatic nitrogens is 1. The van der Waals surface area contributed by atoms with Crippen molar-refractivity contribution in [3.63, 3.8) is 0 Å². The number of hydrogen-bond acceptors (Lipinski definition) is 4. The zero-order valence-electron chi connectivity index (χ0n) is 14.5. The molecular weight excluding hydrogens is 342 g/mol. The molecule has 0 aliphatic heterocycles. The molecule has 0 aliphatic carbocycles. The van der Waals surface area contributed by atoms with Crippen LogP contribution in [0.1, 0.15) is 22.8 Å². The van der Waals surface area contributed by atoms with Gasteiger partial charge in [-0.2, -0.15) is 0 Å². The lowest BCUT2D eigenvalue weighted by atomic mass is 9.84. The first-order chi connectivity index (χ1) is 12.4. The van der Waals surface area contributed by atoms with E-state index in [1.54, 1.807) is 0 Å². The molecule has 1 atom stereocenters. The maximum atomic E-state index is 12.2. The predicted molar refractivity (Wildman–Crippen MR) is 93.4 cm³/mol. The van der Waals surface area contributed by atoms with Gasteiger partial charge in [0, 0.05) is 24.2 Å². The number of carbonyl (C=O) groups excluding carboxylic acids is 1. The fourth-order valence-corrected chi connectivity index (χ4v) is 2.41. The molecule has 1 aromatic carbocycles. The normalized spacial score (nSPS) is 13.3. The van der Waals surface area contributed by atoms with Crippen LogP contribution in [0.15, 0.2) is 48.7 Å². The molecule has 0 fully saturated rings. The zero-order valence-corrected chi connectivity index (χ0v) is 14.5. The Morgan fingerprint density at radius 2 is 2.00 bits per heavy atom. The van der Waals surface area contributed by atoms with Crippen LogP contribution in [0.25, 0.3) is 0 Å². The molecule has 7 heteroatoms. The van der Waals surface area contributed by atoms with Gasteiger partial charge in [-0.3, -0.25) is 4.79 Å². The van der Waals surface area contributed by atoms with Gasteiger partial charge in [-0.15, -0.1) is 0 Å². The van der Waals surface area contributed by atoms with Crippen LogP contribution in [-0.4, -0.2) is 42.2 Å². The van der Waals surface area contributed by atoms with Crippen LogP contribution in [0.3, 0.4) is 0 Å². The van der Waals surface area contributed by atoms with E-state index in [-0.39, 0.29) is 30.5 Å². The largest absolute Gasteiger partial charge is 0.472 e. The van der Waals surface area contributed by atoms with Gasteiger partial charge in [0.05, 0.1) is 12.2 Å². The highest BCUT2D eigenvalue weighted by Crippen LogP contribution is 2.21. The highest BCUT2D eigenvalue weighted by Gasteiger charge is 2.25. The Bertz CT molecular complexity index is 696. The summed E-state index contributed by atoms with van der Waals surface area (Å²) in [6, 6.07) is 12.5. The molecule has 140 valence electrons. The molecule has 0 aliphatic rings. The van der Waals surface area contributed by atoms with Crippen LogP contribution in [-0.2, 0) is 6.42 Å². The first kappa shape index (κ1) is 19.8. The molecule has 5 nitrogen and oxygen atoms in total. The smallest absolute Gasteiger partial charge is 0.272 e.